The van der Waals surface area contributed by atoms with E-state index in [0.29, 0.717) is 0 Å². The van der Waals surface area contributed by atoms with Crippen LogP contribution in [0.25, 0.3) is 86.2 Å². The van der Waals surface area contributed by atoms with Crippen LogP contribution in [0, 0.1) is 0 Å². The molecule has 0 saturated carbocycles. The molecule has 0 spiro atoms. The van der Waals surface area contributed by atoms with Crippen LogP contribution in [0.15, 0.2) is 170 Å². The summed E-state index contributed by atoms with van der Waals surface area (Å²) in [6, 6.07) is 62.1. The van der Waals surface area contributed by atoms with Gasteiger partial charge in [-0.3, -0.25) is 0 Å². The van der Waals surface area contributed by atoms with Crippen LogP contribution in [0.5, 0.6) is 0 Å². The summed E-state index contributed by atoms with van der Waals surface area (Å²) < 4.78 is 2.65. The summed E-state index contributed by atoms with van der Waals surface area (Å²) >= 11 is 1.88. The fourth-order valence-corrected chi connectivity index (χ4v) is 8.14. The summed E-state index contributed by atoms with van der Waals surface area (Å²) in [7, 11) is 0. The zero-order valence-electron chi connectivity index (χ0n) is 24.6. The van der Waals surface area contributed by atoms with Crippen molar-refractivity contribution in [1.29, 1.82) is 0 Å². The molecule has 1 aromatic heterocycles. The van der Waals surface area contributed by atoms with E-state index < -0.39 is 0 Å². The number of benzene rings is 8. The van der Waals surface area contributed by atoms with Crippen molar-refractivity contribution in [1.82, 2.24) is 0 Å². The minimum Gasteiger partial charge on any atom is -0.135 e. The maximum Gasteiger partial charge on any atom is 0.0361 e. The summed E-state index contributed by atoms with van der Waals surface area (Å²) in [5, 5.41) is 7.79. The van der Waals surface area contributed by atoms with Crippen molar-refractivity contribution in [3.8, 4) is 44.5 Å². The van der Waals surface area contributed by atoms with Crippen LogP contribution < -0.4 is 0 Å². The van der Waals surface area contributed by atoms with Crippen LogP contribution in [0.3, 0.4) is 0 Å². The largest absolute Gasteiger partial charge is 0.135 e. The lowest BCUT2D eigenvalue weighted by Gasteiger charge is -2.18. The highest BCUT2D eigenvalue weighted by Gasteiger charge is 2.16. The lowest BCUT2D eigenvalue weighted by Crippen LogP contribution is -1.90. The monoisotopic (exact) mass is 588 g/mol. The molecule has 9 rings (SSSR count). The van der Waals surface area contributed by atoms with Crippen LogP contribution in [0.1, 0.15) is 0 Å². The van der Waals surface area contributed by atoms with Gasteiger partial charge in [-0.2, -0.15) is 0 Å². The molecule has 0 aliphatic heterocycles. The second-order valence-corrected chi connectivity index (χ2v) is 12.8. The Balaban J connectivity index is 1.15. The Hall–Kier alpha value is -5.50. The van der Waals surface area contributed by atoms with Crippen molar-refractivity contribution in [2.24, 2.45) is 0 Å². The third kappa shape index (κ3) is 4.36. The number of fused-ring (bicyclic) bond motifs is 5. The van der Waals surface area contributed by atoms with Crippen molar-refractivity contribution in [2.75, 3.05) is 0 Å². The first kappa shape index (κ1) is 25.9. The van der Waals surface area contributed by atoms with E-state index in [1.807, 2.05) is 11.3 Å². The lowest BCUT2D eigenvalue weighted by molar-refractivity contribution is 1.63. The first-order valence-corrected chi connectivity index (χ1v) is 16.2. The van der Waals surface area contributed by atoms with Gasteiger partial charge >= 0.3 is 0 Å². The minimum atomic E-state index is 1.23. The van der Waals surface area contributed by atoms with Gasteiger partial charge in [0, 0.05) is 20.2 Å². The molecule has 0 aliphatic carbocycles. The molecule has 0 saturated heterocycles. The summed E-state index contributed by atoms with van der Waals surface area (Å²) in [6.07, 6.45) is 0. The van der Waals surface area contributed by atoms with Gasteiger partial charge in [-0.25, -0.2) is 0 Å². The van der Waals surface area contributed by atoms with Crippen LogP contribution in [-0.4, -0.2) is 0 Å². The third-order valence-corrected chi connectivity index (χ3v) is 10.2. The highest BCUT2D eigenvalue weighted by molar-refractivity contribution is 7.25. The second-order valence-electron chi connectivity index (χ2n) is 11.7. The van der Waals surface area contributed by atoms with Crippen LogP contribution in [0.4, 0.5) is 0 Å². The number of thiophene rings is 1. The van der Waals surface area contributed by atoms with E-state index in [4.69, 9.17) is 0 Å². The smallest absolute Gasteiger partial charge is 0.0361 e. The second kappa shape index (κ2) is 10.6. The standard InChI is InChI=1S/C44H28S/c1-3-11-29(12-4-1)33-23-25-35-36-26-24-34(28-42(36)45-41(35)27-33)30-19-21-32(22-20-30)44-39-17-9-7-15-37(39)43(31-13-5-2-6-14-31)38-16-8-10-18-40(38)44/h1-28H. The van der Waals surface area contributed by atoms with Crippen LogP contribution in [0.2, 0.25) is 0 Å². The summed E-state index contributed by atoms with van der Waals surface area (Å²) in [5.74, 6) is 0. The van der Waals surface area contributed by atoms with Gasteiger partial charge in [0.25, 0.3) is 0 Å². The maximum absolute atomic E-state index is 2.36. The highest BCUT2D eigenvalue weighted by Crippen LogP contribution is 2.44. The van der Waals surface area contributed by atoms with E-state index in [1.165, 1.54) is 86.2 Å². The molecule has 0 amide bonds. The van der Waals surface area contributed by atoms with Gasteiger partial charge in [0.15, 0.2) is 0 Å². The topological polar surface area (TPSA) is 0 Å². The van der Waals surface area contributed by atoms with E-state index in [2.05, 4.69) is 170 Å². The zero-order chi connectivity index (χ0) is 29.7. The zero-order valence-corrected chi connectivity index (χ0v) is 25.4. The molecule has 9 aromatic rings. The summed E-state index contributed by atoms with van der Waals surface area (Å²) in [6.45, 7) is 0. The van der Waals surface area contributed by atoms with E-state index in [9.17, 15) is 0 Å². The molecule has 0 atom stereocenters. The Morgan fingerprint density at radius 1 is 0.244 bits per heavy atom. The van der Waals surface area contributed by atoms with Crippen molar-refractivity contribution in [3.63, 3.8) is 0 Å². The molecule has 0 N–H and O–H groups in total. The molecule has 0 nitrogen and oxygen atoms in total. The molecule has 0 aliphatic rings. The molecule has 8 aromatic carbocycles. The number of rotatable bonds is 4. The molecule has 1 heteroatoms. The van der Waals surface area contributed by atoms with Crippen molar-refractivity contribution in [2.45, 2.75) is 0 Å². The van der Waals surface area contributed by atoms with Gasteiger partial charge in [-0.05, 0) is 78.2 Å². The Labute approximate surface area is 266 Å². The summed E-state index contributed by atoms with van der Waals surface area (Å²) in [4.78, 5) is 0. The van der Waals surface area contributed by atoms with Gasteiger partial charge in [0.05, 0.1) is 0 Å². The van der Waals surface area contributed by atoms with E-state index in [-0.39, 0.29) is 0 Å². The maximum atomic E-state index is 2.36. The van der Waals surface area contributed by atoms with Crippen molar-refractivity contribution < 1.29 is 0 Å². The molecular formula is C44H28S. The fourth-order valence-electron chi connectivity index (χ4n) is 6.95. The Bertz CT molecular complexity index is 2450. The first-order chi connectivity index (χ1) is 22.3. The average molecular weight is 589 g/mol. The molecule has 0 fully saturated rings. The predicted octanol–water partition coefficient (Wildman–Crippen LogP) is 13.0. The Kier molecular flexibility index (Phi) is 6.11. The van der Waals surface area contributed by atoms with Crippen molar-refractivity contribution >= 4 is 53.1 Å². The minimum absolute atomic E-state index is 1.23. The Morgan fingerprint density at radius 3 is 1.04 bits per heavy atom. The van der Waals surface area contributed by atoms with E-state index >= 15 is 0 Å². The quantitative estimate of drug-likeness (QED) is 0.179. The molecule has 1 heterocycles. The third-order valence-electron chi connectivity index (χ3n) is 9.08. The number of hydrogen-bond acceptors (Lipinski definition) is 1. The van der Waals surface area contributed by atoms with Crippen LogP contribution >= 0.6 is 11.3 Å². The normalized spacial score (nSPS) is 11.6. The van der Waals surface area contributed by atoms with Gasteiger partial charge in [-0.1, -0.05) is 158 Å². The average Bonchev–Trinajstić information content (AvgIpc) is 3.48. The SMILES string of the molecule is c1ccc(-c2ccc3c(c2)sc2cc(-c4ccc(-c5c6ccccc6c(-c6ccccc6)c6ccccc56)cc4)ccc23)cc1. The van der Waals surface area contributed by atoms with E-state index in [0.717, 1.165) is 0 Å². The molecule has 0 unspecified atom stereocenters. The van der Waals surface area contributed by atoms with Gasteiger partial charge in [0.2, 0.25) is 0 Å². The van der Waals surface area contributed by atoms with Gasteiger partial charge < -0.3 is 0 Å². The molecular weight excluding hydrogens is 561 g/mol. The molecule has 210 valence electrons. The summed E-state index contributed by atoms with van der Waals surface area (Å²) in [5.41, 5.74) is 10.1. The van der Waals surface area contributed by atoms with Gasteiger partial charge in [0.1, 0.15) is 0 Å². The van der Waals surface area contributed by atoms with Crippen LogP contribution in [-0.2, 0) is 0 Å². The van der Waals surface area contributed by atoms with E-state index in [1.54, 1.807) is 0 Å². The lowest BCUT2D eigenvalue weighted by atomic mass is 9.86. The number of hydrogen-bond donors (Lipinski definition) is 0. The fraction of sp³-hybridized carbons (Fsp3) is 0. The Morgan fingerprint density at radius 2 is 0.578 bits per heavy atom. The molecule has 0 radical (unpaired) electrons. The predicted molar refractivity (Wildman–Crippen MR) is 196 cm³/mol. The first-order valence-electron chi connectivity index (χ1n) is 15.4. The molecule has 45 heavy (non-hydrogen) atoms. The highest BCUT2D eigenvalue weighted by atomic mass is 32.1. The molecule has 0 bridgehead atoms. The van der Waals surface area contributed by atoms with Gasteiger partial charge in [-0.15, -0.1) is 11.3 Å². The van der Waals surface area contributed by atoms with Crippen molar-refractivity contribution in [3.05, 3.63) is 170 Å².